The van der Waals surface area contributed by atoms with E-state index in [0.29, 0.717) is 17.5 Å². The van der Waals surface area contributed by atoms with Gasteiger partial charge < -0.3 is 14.6 Å². The summed E-state index contributed by atoms with van der Waals surface area (Å²) in [7, 11) is 1.23. The van der Waals surface area contributed by atoms with Gasteiger partial charge in [-0.05, 0) is 42.8 Å². The fourth-order valence-electron chi connectivity index (χ4n) is 4.64. The van der Waals surface area contributed by atoms with Gasteiger partial charge >= 0.3 is 6.03 Å². The van der Waals surface area contributed by atoms with Crippen molar-refractivity contribution in [3.63, 3.8) is 0 Å². The summed E-state index contributed by atoms with van der Waals surface area (Å²) in [5.74, 6) is 3.16. The Hall–Kier alpha value is -4.58. The van der Waals surface area contributed by atoms with E-state index in [4.69, 9.17) is 0 Å². The third-order valence-corrected chi connectivity index (χ3v) is 6.67. The average molecular weight is 517 g/mol. The molecule has 3 amide bonds. The minimum absolute atomic E-state index is 0.0510. The molecule has 0 spiro atoms. The molecule has 38 heavy (non-hydrogen) atoms. The molecule has 0 radical (unpaired) electrons. The summed E-state index contributed by atoms with van der Waals surface area (Å²) < 4.78 is 30.3. The lowest BCUT2D eigenvalue weighted by Crippen LogP contribution is -2.69. The molecule has 0 saturated carbocycles. The second kappa shape index (κ2) is 11.2. The minimum atomic E-state index is -1.52. The monoisotopic (exact) mass is 516 g/mol. The molecule has 0 aliphatic carbocycles. The van der Waals surface area contributed by atoms with E-state index in [9.17, 15) is 14.4 Å². The van der Waals surface area contributed by atoms with Crippen LogP contribution in [0.5, 0.6) is 0 Å². The highest BCUT2D eigenvalue weighted by molar-refractivity contribution is 6.06. The van der Waals surface area contributed by atoms with Gasteiger partial charge in [0.05, 0.1) is 11.9 Å². The third kappa shape index (κ3) is 4.98. The Morgan fingerprint density at radius 1 is 1.08 bits per heavy atom. The SMILES string of the molecule is CCC1(CC=O)C(=O)N(c2cccnc2)CCN1C(=O)N(C)c1c(F)cc(C#Cc2ccccc2)cc1F. The molecule has 1 saturated heterocycles. The number of benzene rings is 2. The Kier molecular flexibility index (Phi) is 7.82. The first-order chi connectivity index (χ1) is 18.3. The van der Waals surface area contributed by atoms with Gasteiger partial charge in [-0.15, -0.1) is 0 Å². The Morgan fingerprint density at radius 3 is 2.37 bits per heavy atom. The summed E-state index contributed by atoms with van der Waals surface area (Å²) in [6.45, 7) is 1.87. The van der Waals surface area contributed by atoms with Crippen molar-refractivity contribution < 1.29 is 23.2 Å². The lowest BCUT2D eigenvalue weighted by atomic mass is 9.86. The number of hydrogen-bond donors (Lipinski definition) is 0. The number of carbonyl (C=O) groups is 3. The first-order valence-corrected chi connectivity index (χ1v) is 12.1. The smallest absolute Gasteiger partial charge is 0.307 e. The van der Waals surface area contributed by atoms with Crippen LogP contribution in [0.4, 0.5) is 25.0 Å². The Bertz CT molecular complexity index is 1380. The third-order valence-electron chi connectivity index (χ3n) is 6.67. The lowest BCUT2D eigenvalue weighted by molar-refractivity contribution is -0.134. The molecule has 1 fully saturated rings. The molecule has 4 rings (SSSR count). The van der Waals surface area contributed by atoms with Crippen molar-refractivity contribution in [1.29, 1.82) is 0 Å². The number of urea groups is 1. The molecule has 194 valence electrons. The number of pyridine rings is 1. The van der Waals surface area contributed by atoms with Crippen LogP contribution in [0.25, 0.3) is 0 Å². The van der Waals surface area contributed by atoms with Gasteiger partial charge in [-0.1, -0.05) is 37.0 Å². The first-order valence-electron chi connectivity index (χ1n) is 12.1. The van der Waals surface area contributed by atoms with Crippen LogP contribution in [0.15, 0.2) is 67.0 Å². The maximum atomic E-state index is 15.1. The Labute approximate surface area is 219 Å². The van der Waals surface area contributed by atoms with Crippen molar-refractivity contribution in [2.75, 3.05) is 29.9 Å². The quantitative estimate of drug-likeness (QED) is 0.372. The zero-order valence-electron chi connectivity index (χ0n) is 21.0. The van der Waals surface area contributed by atoms with E-state index in [2.05, 4.69) is 16.8 Å². The van der Waals surface area contributed by atoms with E-state index in [0.717, 1.165) is 17.0 Å². The van der Waals surface area contributed by atoms with Gasteiger partial charge in [0.15, 0.2) is 11.6 Å². The minimum Gasteiger partial charge on any atom is -0.307 e. The summed E-state index contributed by atoms with van der Waals surface area (Å²) in [5.41, 5.74) is -0.761. The molecular weight excluding hydrogens is 490 g/mol. The molecule has 2 heterocycles. The van der Waals surface area contributed by atoms with E-state index in [-0.39, 0.29) is 31.5 Å². The van der Waals surface area contributed by atoms with Gasteiger partial charge in [-0.3, -0.25) is 14.7 Å². The Morgan fingerprint density at radius 2 is 1.76 bits per heavy atom. The van der Waals surface area contributed by atoms with Crippen molar-refractivity contribution in [2.45, 2.75) is 25.3 Å². The fourth-order valence-corrected chi connectivity index (χ4v) is 4.64. The van der Waals surface area contributed by atoms with Crippen LogP contribution < -0.4 is 9.80 Å². The largest absolute Gasteiger partial charge is 0.325 e. The van der Waals surface area contributed by atoms with Crippen molar-refractivity contribution in [3.8, 4) is 11.8 Å². The van der Waals surface area contributed by atoms with Crippen LogP contribution in [-0.2, 0) is 9.59 Å². The number of aldehydes is 1. The zero-order valence-corrected chi connectivity index (χ0v) is 21.0. The van der Waals surface area contributed by atoms with Gasteiger partial charge in [0.2, 0.25) is 0 Å². The summed E-state index contributed by atoms with van der Waals surface area (Å²) in [4.78, 5) is 46.6. The van der Waals surface area contributed by atoms with E-state index in [1.807, 2.05) is 6.07 Å². The fraction of sp³-hybridized carbons (Fsp3) is 0.241. The van der Waals surface area contributed by atoms with Crippen LogP contribution in [0.1, 0.15) is 30.9 Å². The molecule has 3 aromatic rings. The van der Waals surface area contributed by atoms with Gasteiger partial charge in [0, 0.05) is 43.9 Å². The van der Waals surface area contributed by atoms with Crippen LogP contribution >= 0.6 is 0 Å². The number of piperazine rings is 1. The summed E-state index contributed by atoms with van der Waals surface area (Å²) in [6.07, 6.45) is 3.53. The molecule has 7 nitrogen and oxygen atoms in total. The summed E-state index contributed by atoms with van der Waals surface area (Å²) >= 11 is 0. The molecular formula is C29H26F2N4O3. The topological polar surface area (TPSA) is 73.8 Å². The second-order valence-corrected chi connectivity index (χ2v) is 8.82. The number of halogens is 2. The number of hydrogen-bond acceptors (Lipinski definition) is 4. The van der Waals surface area contributed by atoms with Crippen molar-refractivity contribution in [3.05, 3.63) is 89.8 Å². The summed E-state index contributed by atoms with van der Waals surface area (Å²) in [5, 5.41) is 0. The van der Waals surface area contributed by atoms with E-state index >= 15 is 8.78 Å². The van der Waals surface area contributed by atoms with Crippen molar-refractivity contribution in [1.82, 2.24) is 9.88 Å². The highest BCUT2D eigenvalue weighted by Crippen LogP contribution is 2.34. The molecule has 0 bridgehead atoms. The van der Waals surface area contributed by atoms with E-state index in [1.165, 1.54) is 23.0 Å². The molecule has 1 aromatic heterocycles. The zero-order chi connectivity index (χ0) is 27.3. The van der Waals surface area contributed by atoms with Crippen LogP contribution in [-0.4, -0.2) is 53.8 Å². The van der Waals surface area contributed by atoms with Gasteiger partial charge in [0.25, 0.3) is 5.91 Å². The molecule has 2 aromatic carbocycles. The van der Waals surface area contributed by atoms with E-state index in [1.54, 1.807) is 49.5 Å². The number of carbonyl (C=O) groups excluding carboxylic acids is 3. The number of rotatable bonds is 5. The predicted molar refractivity (Wildman–Crippen MR) is 140 cm³/mol. The second-order valence-electron chi connectivity index (χ2n) is 8.82. The maximum absolute atomic E-state index is 15.1. The summed E-state index contributed by atoms with van der Waals surface area (Å²) in [6, 6.07) is 13.7. The van der Waals surface area contributed by atoms with Crippen molar-refractivity contribution in [2.24, 2.45) is 0 Å². The molecule has 9 heteroatoms. The average Bonchev–Trinajstić information content (AvgIpc) is 2.93. The number of nitrogens with zero attached hydrogens (tertiary/aromatic N) is 4. The lowest BCUT2D eigenvalue weighted by Gasteiger charge is -2.49. The van der Waals surface area contributed by atoms with Gasteiger partial charge in [-0.2, -0.15) is 0 Å². The molecule has 1 aliphatic heterocycles. The van der Waals surface area contributed by atoms with Crippen molar-refractivity contribution >= 4 is 29.6 Å². The van der Waals surface area contributed by atoms with Crippen LogP contribution in [0.3, 0.4) is 0 Å². The number of anilines is 2. The van der Waals surface area contributed by atoms with Gasteiger partial charge in [-0.25, -0.2) is 13.6 Å². The van der Waals surface area contributed by atoms with E-state index < -0.39 is 34.8 Å². The standard InChI is InChI=1S/C29H26F2N4O3/c1-3-29(13-17-36)27(37)34(23-10-7-14-32-20-23)15-16-35(29)28(38)33(2)26-24(30)18-22(19-25(26)31)12-11-21-8-5-4-6-9-21/h4-10,14,17-20H,3,13,15-16H2,1-2H3. The molecule has 0 N–H and O–H groups in total. The highest BCUT2D eigenvalue weighted by Gasteiger charge is 2.51. The normalized spacial score (nSPS) is 17.0. The molecule has 1 aliphatic rings. The predicted octanol–water partition coefficient (Wildman–Crippen LogP) is 4.40. The van der Waals surface area contributed by atoms with Gasteiger partial charge in [0.1, 0.15) is 17.5 Å². The number of aromatic nitrogens is 1. The molecule has 1 unspecified atom stereocenters. The first kappa shape index (κ1) is 26.5. The van der Waals surface area contributed by atoms with Crippen LogP contribution in [0.2, 0.25) is 0 Å². The maximum Gasteiger partial charge on any atom is 0.325 e. The Balaban J connectivity index is 1.64. The van der Waals surface area contributed by atoms with Crippen LogP contribution in [0, 0.1) is 23.5 Å². The molecule has 1 atom stereocenters. The highest BCUT2D eigenvalue weighted by atomic mass is 19.1. The number of amides is 3.